The van der Waals surface area contributed by atoms with Crippen molar-refractivity contribution in [2.75, 3.05) is 19.6 Å². The van der Waals surface area contributed by atoms with E-state index in [0.29, 0.717) is 19.1 Å². The van der Waals surface area contributed by atoms with E-state index in [9.17, 15) is 13.2 Å². The fourth-order valence-corrected chi connectivity index (χ4v) is 5.53. The Morgan fingerprint density at radius 3 is 2.24 bits per heavy atom. The van der Waals surface area contributed by atoms with E-state index in [0.717, 1.165) is 32.2 Å². The largest absolute Gasteiger partial charge is 0.340 e. The van der Waals surface area contributed by atoms with E-state index in [-0.39, 0.29) is 17.1 Å². The second-order valence-corrected chi connectivity index (χ2v) is 8.89. The topological polar surface area (TPSA) is 57.7 Å². The predicted octanol–water partition coefficient (Wildman–Crippen LogP) is 1.59. The summed E-state index contributed by atoms with van der Waals surface area (Å²) in [5, 5.41) is -0.158. The molecule has 6 heteroatoms. The Kier molecular flexibility index (Phi) is 4.28. The van der Waals surface area contributed by atoms with Gasteiger partial charge in [-0.3, -0.25) is 4.79 Å². The van der Waals surface area contributed by atoms with Crippen molar-refractivity contribution in [3.63, 3.8) is 0 Å². The lowest BCUT2D eigenvalue weighted by atomic mass is 9.92. The summed E-state index contributed by atoms with van der Waals surface area (Å²) >= 11 is 0. The van der Waals surface area contributed by atoms with Crippen LogP contribution in [0.2, 0.25) is 0 Å². The molecule has 3 aliphatic rings. The Balaban J connectivity index is 1.56. The number of sulfonamides is 1. The van der Waals surface area contributed by atoms with Crippen molar-refractivity contribution >= 4 is 15.9 Å². The van der Waals surface area contributed by atoms with Crippen LogP contribution in [-0.4, -0.2) is 54.5 Å². The summed E-state index contributed by atoms with van der Waals surface area (Å²) in [6, 6.07) is 0.380. The van der Waals surface area contributed by atoms with Crippen LogP contribution in [0.15, 0.2) is 0 Å². The van der Waals surface area contributed by atoms with Gasteiger partial charge in [0.25, 0.3) is 0 Å². The maximum Gasteiger partial charge on any atom is 0.228 e. The van der Waals surface area contributed by atoms with Crippen molar-refractivity contribution in [2.24, 2.45) is 5.92 Å². The predicted molar refractivity (Wildman–Crippen MR) is 81.3 cm³/mol. The van der Waals surface area contributed by atoms with Crippen LogP contribution in [0, 0.1) is 5.92 Å². The Morgan fingerprint density at radius 2 is 1.71 bits per heavy atom. The van der Waals surface area contributed by atoms with Crippen LogP contribution in [0.1, 0.15) is 51.9 Å². The molecule has 1 heterocycles. The summed E-state index contributed by atoms with van der Waals surface area (Å²) < 4.78 is 25.7. The van der Waals surface area contributed by atoms with Gasteiger partial charge in [0.15, 0.2) is 0 Å². The molecule has 0 bridgehead atoms. The molecule has 1 amide bonds. The van der Waals surface area contributed by atoms with E-state index in [1.54, 1.807) is 0 Å². The highest BCUT2D eigenvalue weighted by molar-refractivity contribution is 7.90. The number of hydrogen-bond acceptors (Lipinski definition) is 3. The van der Waals surface area contributed by atoms with Crippen LogP contribution in [0.3, 0.4) is 0 Å². The fourth-order valence-electron chi connectivity index (χ4n) is 3.60. The second kappa shape index (κ2) is 5.88. The zero-order valence-electron chi connectivity index (χ0n) is 12.8. The molecule has 1 saturated heterocycles. The average Bonchev–Trinajstić information content (AvgIpc) is 3.23. The standard InChI is InChI=1S/C15H26N2O3S/c1-2-17(13-6-4-3-5-7-13)15(18)12-10-16(11-12)21(19,20)14-8-9-14/h12-14H,2-11H2,1H3. The van der Waals surface area contributed by atoms with E-state index in [1.807, 2.05) is 11.8 Å². The molecule has 3 rings (SSSR count). The van der Waals surface area contributed by atoms with Crippen molar-refractivity contribution in [1.82, 2.24) is 9.21 Å². The smallest absolute Gasteiger partial charge is 0.228 e. The second-order valence-electron chi connectivity index (χ2n) is 6.67. The molecule has 0 spiro atoms. The molecule has 3 fully saturated rings. The van der Waals surface area contributed by atoms with E-state index in [1.165, 1.54) is 23.6 Å². The SMILES string of the molecule is CCN(C(=O)C1CN(S(=O)(=O)C2CC2)C1)C1CCCCC1. The van der Waals surface area contributed by atoms with Gasteiger partial charge in [0.2, 0.25) is 15.9 Å². The Bertz CT molecular complexity index is 489. The molecule has 0 aromatic carbocycles. The Hall–Kier alpha value is -0.620. The van der Waals surface area contributed by atoms with Crippen LogP contribution in [0.25, 0.3) is 0 Å². The minimum atomic E-state index is -3.09. The van der Waals surface area contributed by atoms with Gasteiger partial charge in [-0.25, -0.2) is 8.42 Å². The van der Waals surface area contributed by atoms with E-state index >= 15 is 0 Å². The average molecular weight is 314 g/mol. The highest BCUT2D eigenvalue weighted by Gasteiger charge is 2.48. The first-order chi connectivity index (χ1) is 10.0. The summed E-state index contributed by atoms with van der Waals surface area (Å²) in [5.74, 6) is 0.0621. The van der Waals surface area contributed by atoms with Crippen LogP contribution in [-0.2, 0) is 14.8 Å². The third-order valence-electron chi connectivity index (χ3n) is 5.14. The monoisotopic (exact) mass is 314 g/mol. The first-order valence-electron chi connectivity index (χ1n) is 8.33. The van der Waals surface area contributed by atoms with Crippen molar-refractivity contribution in [3.05, 3.63) is 0 Å². The summed E-state index contributed by atoms with van der Waals surface area (Å²) in [7, 11) is -3.09. The highest BCUT2D eigenvalue weighted by Crippen LogP contribution is 2.35. The van der Waals surface area contributed by atoms with Crippen molar-refractivity contribution in [1.29, 1.82) is 0 Å². The number of nitrogens with zero attached hydrogens (tertiary/aromatic N) is 2. The molecule has 2 aliphatic carbocycles. The molecule has 1 aliphatic heterocycles. The normalized spacial score (nSPS) is 25.6. The van der Waals surface area contributed by atoms with Gasteiger partial charge in [0.1, 0.15) is 0 Å². The molecule has 0 atom stereocenters. The molecular formula is C15H26N2O3S. The third-order valence-corrected chi connectivity index (χ3v) is 7.47. The van der Waals surface area contributed by atoms with E-state index in [2.05, 4.69) is 0 Å². The van der Waals surface area contributed by atoms with Gasteiger partial charge < -0.3 is 4.90 Å². The molecule has 0 aromatic rings. The molecule has 21 heavy (non-hydrogen) atoms. The van der Waals surface area contributed by atoms with Gasteiger partial charge in [0.05, 0.1) is 11.2 Å². The highest BCUT2D eigenvalue weighted by atomic mass is 32.2. The molecule has 120 valence electrons. The number of carbonyl (C=O) groups is 1. The number of hydrogen-bond donors (Lipinski definition) is 0. The number of carbonyl (C=O) groups excluding carboxylic acids is 1. The van der Waals surface area contributed by atoms with Crippen LogP contribution in [0.4, 0.5) is 0 Å². The lowest BCUT2D eigenvalue weighted by molar-refractivity contribution is -0.141. The lowest BCUT2D eigenvalue weighted by Crippen LogP contribution is -2.58. The molecule has 0 radical (unpaired) electrons. The minimum Gasteiger partial charge on any atom is -0.340 e. The molecule has 2 saturated carbocycles. The molecular weight excluding hydrogens is 288 g/mol. The zero-order chi connectivity index (χ0) is 15.0. The lowest BCUT2D eigenvalue weighted by Gasteiger charge is -2.42. The Labute approximate surface area is 127 Å². The zero-order valence-corrected chi connectivity index (χ0v) is 13.6. The third kappa shape index (κ3) is 2.97. The maximum atomic E-state index is 12.6. The maximum absolute atomic E-state index is 12.6. The summed E-state index contributed by atoms with van der Waals surface area (Å²) in [6.07, 6.45) is 7.50. The minimum absolute atomic E-state index is 0.111. The van der Waals surface area contributed by atoms with E-state index in [4.69, 9.17) is 0 Å². The quantitative estimate of drug-likeness (QED) is 0.774. The number of rotatable bonds is 5. The molecule has 0 N–H and O–H groups in total. The van der Waals surface area contributed by atoms with Crippen molar-refractivity contribution in [2.45, 2.75) is 63.2 Å². The van der Waals surface area contributed by atoms with Crippen LogP contribution < -0.4 is 0 Å². The molecule has 0 unspecified atom stereocenters. The van der Waals surface area contributed by atoms with Crippen molar-refractivity contribution in [3.8, 4) is 0 Å². The van der Waals surface area contributed by atoms with Gasteiger partial charge in [-0.15, -0.1) is 0 Å². The fraction of sp³-hybridized carbons (Fsp3) is 0.933. The van der Waals surface area contributed by atoms with Crippen molar-refractivity contribution < 1.29 is 13.2 Å². The molecule has 5 nitrogen and oxygen atoms in total. The van der Waals surface area contributed by atoms with Gasteiger partial charge in [0, 0.05) is 25.7 Å². The van der Waals surface area contributed by atoms with Gasteiger partial charge in [-0.2, -0.15) is 4.31 Å². The van der Waals surface area contributed by atoms with Gasteiger partial charge in [-0.1, -0.05) is 19.3 Å². The van der Waals surface area contributed by atoms with Crippen LogP contribution >= 0.6 is 0 Å². The van der Waals surface area contributed by atoms with Gasteiger partial charge >= 0.3 is 0 Å². The first kappa shape index (κ1) is 15.3. The summed E-state index contributed by atoms with van der Waals surface area (Å²) in [5.41, 5.74) is 0. The molecule has 0 aromatic heterocycles. The summed E-state index contributed by atoms with van der Waals surface area (Å²) in [4.78, 5) is 14.6. The first-order valence-corrected chi connectivity index (χ1v) is 9.83. The van der Waals surface area contributed by atoms with Gasteiger partial charge in [-0.05, 0) is 32.6 Å². The number of amides is 1. The Morgan fingerprint density at radius 1 is 1.10 bits per heavy atom. The van der Waals surface area contributed by atoms with Crippen LogP contribution in [0.5, 0.6) is 0 Å². The van der Waals surface area contributed by atoms with E-state index < -0.39 is 10.0 Å². The summed E-state index contributed by atoms with van der Waals surface area (Å²) in [6.45, 7) is 3.58.